The van der Waals surface area contributed by atoms with Crippen molar-refractivity contribution in [3.05, 3.63) is 83.9 Å². The van der Waals surface area contributed by atoms with Crippen LogP contribution < -0.4 is 5.32 Å². The lowest BCUT2D eigenvalue weighted by molar-refractivity contribution is -0.135. The maximum Gasteiger partial charge on any atom is 0.407 e. The Kier molecular flexibility index (Phi) is 10.7. The molecule has 316 valence electrons. The molecule has 3 amide bonds. The molecular weight excluding hydrogens is 751 g/mol. The molecule has 0 spiro atoms. The highest BCUT2D eigenvalue weighted by atomic mass is 16.5. The monoisotopic (exact) mass is 811 g/mol. The quantitative estimate of drug-likeness (QED) is 0.146. The third-order valence-corrected chi connectivity index (χ3v) is 14.8. The SMILES string of the molecule is COC(=O)N[C@H](C(=O)N1CCC[C@H]1c1ncc(C2=CC=C(c3ccc4cc(-c5cnc([C@@H]6CCCN6C(=O)CC(C)C)[nH]5)ccc4c3)C3(C)C4CCC(CC4)C23)[nH]1)C(C)C. The number of allylic oxidation sites excluding steroid dienone is 4. The van der Waals surface area contributed by atoms with Gasteiger partial charge in [0, 0.05) is 30.5 Å². The first-order valence-electron chi connectivity index (χ1n) is 22.5. The van der Waals surface area contributed by atoms with Crippen LogP contribution in [-0.4, -0.2) is 73.9 Å². The van der Waals surface area contributed by atoms with E-state index in [0.717, 1.165) is 60.8 Å². The van der Waals surface area contributed by atoms with E-state index in [0.29, 0.717) is 36.6 Å². The Morgan fingerprint density at radius 3 is 2.10 bits per heavy atom. The number of nitrogens with one attached hydrogen (secondary N) is 3. The molecule has 4 heterocycles. The Balaban J connectivity index is 0.985. The minimum Gasteiger partial charge on any atom is -0.453 e. The van der Waals surface area contributed by atoms with Gasteiger partial charge in [0.25, 0.3) is 0 Å². The van der Waals surface area contributed by atoms with Gasteiger partial charge in [0.2, 0.25) is 11.8 Å². The standard InChI is InChI=1S/C49H61N7O4/c1-28(2)23-42(57)55-21-7-9-40(55)45-50-26-38(52-45)34-14-12-31-24-33(13-11-32(31)25-34)37-20-19-36(43-30-15-17-35(18-16-30)49(37,43)5)39-27-51-46(53-39)41-10-8-22-56(41)47(58)44(29(3)4)54-48(59)60-6/h11-14,19-20,24-30,35,40-41,43-44H,7-10,15-18,21-23H2,1-6H3,(H,50,52)(H,51,53)(H,54,59)/t30?,35?,40-,41-,43?,44-,49?/m0/s1. The lowest BCUT2D eigenvalue weighted by Crippen LogP contribution is -2.51. The molecule has 4 aliphatic carbocycles. The number of H-pyrrole nitrogens is 2. The van der Waals surface area contributed by atoms with E-state index in [9.17, 15) is 14.4 Å². The van der Waals surface area contributed by atoms with E-state index < -0.39 is 12.1 Å². The normalized spacial score (nSPS) is 26.7. The van der Waals surface area contributed by atoms with Gasteiger partial charge >= 0.3 is 6.09 Å². The molecule has 2 unspecified atom stereocenters. The number of fused-ring (bicyclic) bond motifs is 3. The maximum absolute atomic E-state index is 13.9. The van der Waals surface area contributed by atoms with Gasteiger partial charge in [-0.1, -0.05) is 71.0 Å². The van der Waals surface area contributed by atoms with Crippen LogP contribution in [0, 0.1) is 35.0 Å². The van der Waals surface area contributed by atoms with Crippen LogP contribution in [0.1, 0.15) is 127 Å². The third kappa shape index (κ3) is 7.05. The summed E-state index contributed by atoms with van der Waals surface area (Å²) in [6.07, 6.45) is 17.2. The van der Waals surface area contributed by atoms with Crippen molar-refractivity contribution in [2.24, 2.45) is 35.0 Å². The van der Waals surface area contributed by atoms with Crippen LogP contribution in [-0.2, 0) is 14.3 Å². The number of carbonyl (C=O) groups excluding carboxylic acids is 3. The van der Waals surface area contributed by atoms with Gasteiger partial charge in [-0.25, -0.2) is 14.8 Å². The van der Waals surface area contributed by atoms with Gasteiger partial charge in [-0.15, -0.1) is 0 Å². The van der Waals surface area contributed by atoms with E-state index in [1.54, 1.807) is 0 Å². The number of amides is 3. The number of likely N-dealkylation sites (tertiary alicyclic amines) is 2. The first-order chi connectivity index (χ1) is 28.9. The molecule has 4 aromatic rings. The minimum absolute atomic E-state index is 0.0103. The number of hydrogen-bond donors (Lipinski definition) is 3. The van der Waals surface area contributed by atoms with E-state index in [4.69, 9.17) is 14.7 Å². The molecule has 2 aliphatic heterocycles. The Labute approximate surface area is 353 Å². The summed E-state index contributed by atoms with van der Waals surface area (Å²) < 4.78 is 4.84. The number of benzene rings is 2. The predicted octanol–water partition coefficient (Wildman–Crippen LogP) is 9.63. The van der Waals surface area contributed by atoms with Gasteiger partial charge in [-0.2, -0.15) is 0 Å². The number of nitrogens with zero attached hydrogens (tertiary/aromatic N) is 4. The molecule has 60 heavy (non-hydrogen) atoms. The summed E-state index contributed by atoms with van der Waals surface area (Å²) >= 11 is 0. The fourth-order valence-electron chi connectivity index (χ4n) is 11.8. The summed E-state index contributed by atoms with van der Waals surface area (Å²) in [5, 5.41) is 5.16. The second kappa shape index (κ2) is 16.0. The summed E-state index contributed by atoms with van der Waals surface area (Å²) in [5.74, 6) is 3.60. The maximum atomic E-state index is 13.9. The molecule has 11 nitrogen and oxygen atoms in total. The van der Waals surface area contributed by atoms with Crippen molar-refractivity contribution >= 4 is 39.8 Å². The van der Waals surface area contributed by atoms with Gasteiger partial charge in [0.1, 0.15) is 17.7 Å². The van der Waals surface area contributed by atoms with Crippen LogP contribution in [0.15, 0.2) is 60.9 Å². The van der Waals surface area contributed by atoms with Gasteiger partial charge in [0.15, 0.2) is 0 Å². The van der Waals surface area contributed by atoms with Crippen molar-refractivity contribution < 1.29 is 19.1 Å². The van der Waals surface area contributed by atoms with Crippen molar-refractivity contribution in [3.8, 4) is 11.3 Å². The fourth-order valence-corrected chi connectivity index (χ4v) is 11.8. The van der Waals surface area contributed by atoms with E-state index in [1.807, 2.05) is 36.0 Å². The van der Waals surface area contributed by atoms with Gasteiger partial charge in [0.05, 0.1) is 43.0 Å². The third-order valence-electron chi connectivity index (χ3n) is 14.8. The van der Waals surface area contributed by atoms with Gasteiger partial charge < -0.3 is 29.8 Å². The van der Waals surface area contributed by atoms with Gasteiger partial charge in [-0.05, 0) is 121 Å². The fraction of sp³-hybridized carbons (Fsp3) is 0.531. The van der Waals surface area contributed by atoms with Crippen LogP contribution in [0.2, 0.25) is 0 Å². The van der Waals surface area contributed by atoms with E-state index in [1.165, 1.54) is 60.3 Å². The summed E-state index contributed by atoms with van der Waals surface area (Å²) in [6, 6.07) is 12.8. The zero-order valence-electron chi connectivity index (χ0n) is 36.1. The van der Waals surface area contributed by atoms with Crippen molar-refractivity contribution in [2.45, 2.75) is 111 Å². The molecule has 0 radical (unpaired) electrons. The molecule has 5 fully saturated rings. The summed E-state index contributed by atoms with van der Waals surface area (Å²) in [6.45, 7) is 12.0. The molecule has 2 aromatic carbocycles. The topological polar surface area (TPSA) is 136 Å². The Morgan fingerprint density at radius 2 is 1.43 bits per heavy atom. The van der Waals surface area contributed by atoms with Crippen LogP contribution in [0.25, 0.3) is 33.2 Å². The van der Waals surface area contributed by atoms with E-state index >= 15 is 0 Å². The summed E-state index contributed by atoms with van der Waals surface area (Å²) in [4.78, 5) is 60.0. The van der Waals surface area contributed by atoms with Crippen LogP contribution in [0.5, 0.6) is 0 Å². The molecular formula is C49H61N7O4. The van der Waals surface area contributed by atoms with Gasteiger partial charge in [-0.3, -0.25) is 9.59 Å². The Morgan fingerprint density at radius 1 is 0.817 bits per heavy atom. The number of rotatable bonds is 10. The zero-order valence-corrected chi connectivity index (χ0v) is 36.1. The van der Waals surface area contributed by atoms with Crippen molar-refractivity contribution in [3.63, 3.8) is 0 Å². The minimum atomic E-state index is -0.668. The van der Waals surface area contributed by atoms with Crippen molar-refractivity contribution in [2.75, 3.05) is 20.2 Å². The number of carbonyl (C=O) groups is 3. The van der Waals surface area contributed by atoms with Crippen LogP contribution in [0.3, 0.4) is 0 Å². The second-order valence-electron chi connectivity index (χ2n) is 19.1. The first-order valence-corrected chi connectivity index (χ1v) is 22.5. The molecule has 5 atom stereocenters. The zero-order chi connectivity index (χ0) is 41.9. The van der Waals surface area contributed by atoms with Crippen molar-refractivity contribution in [1.82, 2.24) is 35.1 Å². The smallest absolute Gasteiger partial charge is 0.407 e. The summed E-state index contributed by atoms with van der Waals surface area (Å²) in [7, 11) is 1.32. The second-order valence-corrected chi connectivity index (χ2v) is 19.1. The number of aromatic nitrogens is 4. The molecule has 2 aromatic heterocycles. The lowest BCUT2D eigenvalue weighted by Gasteiger charge is -2.59. The number of alkyl carbamates (subject to hydrolysis) is 1. The highest BCUT2D eigenvalue weighted by Crippen LogP contribution is 2.66. The highest BCUT2D eigenvalue weighted by Gasteiger charge is 2.56. The number of aromatic amines is 2. The first kappa shape index (κ1) is 40.2. The predicted molar refractivity (Wildman–Crippen MR) is 234 cm³/mol. The average Bonchev–Trinajstić information content (AvgIpc) is 4.09. The number of methoxy groups -OCH3 is 1. The van der Waals surface area contributed by atoms with Crippen LogP contribution in [0.4, 0.5) is 4.79 Å². The molecule has 10 rings (SSSR count). The van der Waals surface area contributed by atoms with Crippen LogP contribution >= 0.6 is 0 Å². The molecule has 3 N–H and O–H groups in total. The highest BCUT2D eigenvalue weighted by molar-refractivity contribution is 5.92. The molecule has 6 aliphatic rings. The van der Waals surface area contributed by atoms with E-state index in [2.05, 4.69) is 84.6 Å². The van der Waals surface area contributed by atoms with E-state index in [-0.39, 0.29) is 35.2 Å². The lowest BCUT2D eigenvalue weighted by atomic mass is 9.45. The molecule has 11 heteroatoms. The molecule has 2 saturated heterocycles. The molecule has 2 bridgehead atoms. The van der Waals surface area contributed by atoms with Crippen molar-refractivity contribution in [1.29, 1.82) is 0 Å². The number of ether oxygens (including phenoxy) is 1. The Hall–Kier alpha value is -5.19. The molecule has 3 saturated carbocycles. The Bertz CT molecular complexity index is 2350. The average molecular weight is 812 g/mol. The summed E-state index contributed by atoms with van der Waals surface area (Å²) in [5.41, 5.74) is 7.13. The number of hydrogen-bond acceptors (Lipinski definition) is 6. The largest absolute Gasteiger partial charge is 0.453 e. The number of imidazole rings is 2.